The minimum absolute atomic E-state index is 0.0654. The number of rotatable bonds is 10. The molecule has 8 heteroatoms. The maximum atomic E-state index is 13.5. The third-order valence-corrected chi connectivity index (χ3v) is 8.89. The molecule has 1 atom stereocenters. The van der Waals surface area contributed by atoms with Gasteiger partial charge in [-0.3, -0.25) is 19.1 Å². The number of aromatic nitrogens is 1. The Morgan fingerprint density at radius 2 is 1.89 bits per heavy atom. The van der Waals surface area contributed by atoms with Gasteiger partial charge >= 0.3 is 0 Å². The highest BCUT2D eigenvalue weighted by Gasteiger charge is 2.34. The minimum Gasteiger partial charge on any atom is -0.357 e. The van der Waals surface area contributed by atoms with Crippen LogP contribution in [0.15, 0.2) is 9.70 Å². The van der Waals surface area contributed by atoms with Gasteiger partial charge in [-0.15, -0.1) is 0 Å². The van der Waals surface area contributed by atoms with E-state index in [0.717, 1.165) is 69.4 Å². The van der Waals surface area contributed by atoms with E-state index in [1.807, 2.05) is 19.9 Å². The van der Waals surface area contributed by atoms with Crippen molar-refractivity contribution in [2.45, 2.75) is 86.1 Å². The summed E-state index contributed by atoms with van der Waals surface area (Å²) in [6.07, 6.45) is 9.17. The first kappa shape index (κ1) is 28.5. The molecule has 0 radical (unpaired) electrons. The average Bonchev–Trinajstić information content (AvgIpc) is 3.12. The summed E-state index contributed by atoms with van der Waals surface area (Å²) in [5.41, 5.74) is 1.36. The first-order valence-corrected chi connectivity index (χ1v) is 14.7. The summed E-state index contributed by atoms with van der Waals surface area (Å²) >= 11 is 6.97. The number of amides is 1. The predicted octanol–water partition coefficient (Wildman–Crippen LogP) is 6.09. The molecule has 0 saturated carbocycles. The number of hydrogen-bond donors (Lipinski definition) is 0. The fraction of sp³-hybridized carbons (Fsp3) is 0.643. The fourth-order valence-electron chi connectivity index (χ4n) is 5.10. The molecular formula is C28H40N4O2S2. The van der Waals surface area contributed by atoms with E-state index in [4.69, 9.17) is 12.2 Å². The fourth-order valence-corrected chi connectivity index (χ4v) is 6.36. The van der Waals surface area contributed by atoms with Gasteiger partial charge in [-0.1, -0.05) is 70.9 Å². The number of carbonyl (C=O) groups excluding carboxylic acids is 1. The molecule has 196 valence electrons. The zero-order chi connectivity index (χ0) is 26.4. The molecule has 0 bridgehead atoms. The number of piperidine rings is 1. The van der Waals surface area contributed by atoms with Crippen molar-refractivity contribution >= 4 is 46.1 Å². The number of carbonyl (C=O) groups is 1. The van der Waals surface area contributed by atoms with Crippen LogP contribution in [0, 0.1) is 30.1 Å². The lowest BCUT2D eigenvalue weighted by Crippen LogP contribution is -2.39. The predicted molar refractivity (Wildman–Crippen MR) is 154 cm³/mol. The molecule has 1 unspecified atom stereocenters. The largest absolute Gasteiger partial charge is 0.357 e. The molecule has 0 N–H and O–H groups in total. The Labute approximate surface area is 225 Å². The van der Waals surface area contributed by atoms with Crippen molar-refractivity contribution in [3.63, 3.8) is 0 Å². The molecule has 0 aromatic carbocycles. The van der Waals surface area contributed by atoms with Gasteiger partial charge in [-0.05, 0) is 56.1 Å². The molecule has 3 heterocycles. The van der Waals surface area contributed by atoms with Crippen molar-refractivity contribution in [3.8, 4) is 6.07 Å². The number of unbranched alkanes of at least 4 members (excludes halogenated alkanes) is 1. The number of thiocarbonyl (C=S) groups is 1. The lowest BCUT2D eigenvalue weighted by Gasteiger charge is -2.35. The molecule has 6 nitrogen and oxygen atoms in total. The second-order valence-corrected chi connectivity index (χ2v) is 11.9. The number of thioether (sulfide) groups is 1. The van der Waals surface area contributed by atoms with E-state index in [1.54, 1.807) is 9.47 Å². The lowest BCUT2D eigenvalue weighted by molar-refractivity contribution is -0.122. The van der Waals surface area contributed by atoms with Gasteiger partial charge in [0.2, 0.25) is 0 Å². The molecule has 1 aromatic rings. The van der Waals surface area contributed by atoms with Gasteiger partial charge in [-0.2, -0.15) is 5.26 Å². The van der Waals surface area contributed by atoms with E-state index < -0.39 is 0 Å². The monoisotopic (exact) mass is 528 g/mol. The van der Waals surface area contributed by atoms with Crippen molar-refractivity contribution in [2.75, 3.05) is 24.5 Å². The number of nitriles is 1. The Morgan fingerprint density at radius 3 is 2.47 bits per heavy atom. The van der Waals surface area contributed by atoms with Gasteiger partial charge in [0.05, 0.1) is 4.91 Å². The lowest BCUT2D eigenvalue weighted by atomic mass is 9.97. The van der Waals surface area contributed by atoms with E-state index in [1.165, 1.54) is 11.8 Å². The van der Waals surface area contributed by atoms with E-state index >= 15 is 0 Å². The number of pyridine rings is 1. The van der Waals surface area contributed by atoms with Crippen molar-refractivity contribution in [3.05, 3.63) is 31.9 Å². The third kappa shape index (κ3) is 6.06. The highest BCUT2D eigenvalue weighted by Crippen LogP contribution is 2.37. The van der Waals surface area contributed by atoms with Crippen molar-refractivity contribution < 1.29 is 4.79 Å². The molecule has 3 rings (SSSR count). The van der Waals surface area contributed by atoms with Crippen LogP contribution in [0.25, 0.3) is 6.08 Å². The summed E-state index contributed by atoms with van der Waals surface area (Å²) in [6, 6.07) is 2.14. The Hall–Kier alpha value is -2.11. The maximum Gasteiger partial charge on any atom is 0.270 e. The number of nitrogens with zero attached hydrogens (tertiary/aromatic N) is 4. The van der Waals surface area contributed by atoms with Crippen LogP contribution in [0.1, 0.15) is 89.3 Å². The molecule has 0 spiro atoms. The third-order valence-electron chi connectivity index (χ3n) is 7.51. The smallest absolute Gasteiger partial charge is 0.270 e. The first-order chi connectivity index (χ1) is 17.3. The Bertz CT molecular complexity index is 1110. The van der Waals surface area contributed by atoms with Crippen molar-refractivity contribution in [2.24, 2.45) is 11.8 Å². The summed E-state index contributed by atoms with van der Waals surface area (Å²) in [5, 5.41) is 9.85. The molecular weight excluding hydrogens is 488 g/mol. The van der Waals surface area contributed by atoms with Gasteiger partial charge in [0.15, 0.2) is 0 Å². The number of anilines is 1. The maximum absolute atomic E-state index is 13.5. The molecule has 0 aliphatic carbocycles. The van der Waals surface area contributed by atoms with Crippen LogP contribution in [0.3, 0.4) is 0 Å². The quantitative estimate of drug-likeness (QED) is 0.270. The average molecular weight is 529 g/mol. The van der Waals surface area contributed by atoms with Gasteiger partial charge in [0.1, 0.15) is 21.8 Å². The second kappa shape index (κ2) is 12.9. The topological polar surface area (TPSA) is 69.3 Å². The van der Waals surface area contributed by atoms with Crippen LogP contribution in [0.2, 0.25) is 0 Å². The molecule has 2 aliphatic rings. The van der Waals surface area contributed by atoms with E-state index in [-0.39, 0.29) is 17.0 Å². The summed E-state index contributed by atoms with van der Waals surface area (Å²) in [4.78, 5) is 31.4. The van der Waals surface area contributed by atoms with Gasteiger partial charge < -0.3 is 4.90 Å². The van der Waals surface area contributed by atoms with Gasteiger partial charge in [0, 0.05) is 31.7 Å². The Balaban J connectivity index is 2.08. The van der Waals surface area contributed by atoms with Crippen LogP contribution in [-0.2, 0) is 11.3 Å². The second-order valence-electron chi connectivity index (χ2n) is 10.2. The van der Waals surface area contributed by atoms with Crippen molar-refractivity contribution in [1.82, 2.24) is 9.47 Å². The van der Waals surface area contributed by atoms with Gasteiger partial charge in [-0.25, -0.2) is 0 Å². The first-order valence-electron chi connectivity index (χ1n) is 13.4. The summed E-state index contributed by atoms with van der Waals surface area (Å²) in [7, 11) is 0. The van der Waals surface area contributed by atoms with E-state index in [9.17, 15) is 14.9 Å². The molecule has 2 saturated heterocycles. The molecule has 36 heavy (non-hydrogen) atoms. The summed E-state index contributed by atoms with van der Waals surface area (Å²) in [6.45, 7) is 13.4. The summed E-state index contributed by atoms with van der Waals surface area (Å²) in [5.74, 6) is 1.84. The van der Waals surface area contributed by atoms with Crippen LogP contribution in [0.4, 0.5) is 5.82 Å². The minimum atomic E-state index is -0.239. The van der Waals surface area contributed by atoms with Crippen LogP contribution in [-0.4, -0.2) is 39.3 Å². The Morgan fingerprint density at radius 1 is 1.19 bits per heavy atom. The normalized spacial score (nSPS) is 18.8. The molecule has 1 amide bonds. The molecule has 1 aromatic heterocycles. The highest BCUT2D eigenvalue weighted by atomic mass is 32.2. The molecule has 2 fully saturated rings. The van der Waals surface area contributed by atoms with Crippen molar-refractivity contribution in [1.29, 1.82) is 5.26 Å². The van der Waals surface area contributed by atoms with Crippen LogP contribution >= 0.6 is 24.0 Å². The van der Waals surface area contributed by atoms with Crippen LogP contribution < -0.4 is 10.5 Å². The van der Waals surface area contributed by atoms with E-state index in [2.05, 4.69) is 31.7 Å². The Kier molecular flexibility index (Phi) is 10.2. The zero-order valence-corrected chi connectivity index (χ0v) is 24.1. The zero-order valence-electron chi connectivity index (χ0n) is 22.4. The van der Waals surface area contributed by atoms with E-state index in [0.29, 0.717) is 39.7 Å². The summed E-state index contributed by atoms with van der Waals surface area (Å²) < 4.78 is 2.35. The standard InChI is InChI=1S/C28H40N4O2S2/c1-6-9-10-21(8-3)18-32-27(34)24(36-28(32)35)16-22-20(5)23(17-29)26(33)31(13-7-2)25(22)30-14-11-19(4)12-15-30/h16,19,21H,6-15,18H2,1-5H3/b24-16-. The number of hydrogen-bond acceptors (Lipinski definition) is 6. The SMILES string of the molecule is CCCCC(CC)CN1C(=O)/C(=C/c2c(C)c(C#N)c(=O)n(CCC)c2N2CCC(C)CC2)SC1=S. The van der Waals surface area contributed by atoms with Crippen LogP contribution in [0.5, 0.6) is 0 Å². The van der Waals surface area contributed by atoms with Gasteiger partial charge in [0.25, 0.3) is 11.5 Å². The highest BCUT2D eigenvalue weighted by molar-refractivity contribution is 8.26. The molecule has 2 aliphatic heterocycles.